The predicted octanol–water partition coefficient (Wildman–Crippen LogP) is 9.03. The number of hydrogen-bond acceptors (Lipinski definition) is 4. The molecule has 2 aromatic carbocycles. The Morgan fingerprint density at radius 3 is 1.50 bits per heavy atom. The highest BCUT2D eigenvalue weighted by Gasteiger charge is 2.90. The second-order valence-electron chi connectivity index (χ2n) is 8.03. The summed E-state index contributed by atoms with van der Waals surface area (Å²) in [4.78, 5) is 12.0. The van der Waals surface area contributed by atoms with Crippen LogP contribution in [-0.4, -0.2) is 53.9 Å². The van der Waals surface area contributed by atoms with Gasteiger partial charge < -0.3 is 9.47 Å². The SMILES string of the molecule is O=C(Oc1ccc(SCCC(F)(F)C(F)(F)C(F)(F)C(F)(F)C(F)(F)C(F)(F)F)cc1)c1ccc(OC(F)(F)F)cc1. The van der Waals surface area contributed by atoms with Crippen LogP contribution in [-0.2, 0) is 0 Å². The number of alkyl halides is 16. The molecule has 0 aliphatic carbocycles. The largest absolute Gasteiger partial charge is 0.573 e. The summed E-state index contributed by atoms with van der Waals surface area (Å²) in [5.74, 6) is -40.5. The average Bonchev–Trinajstić information content (AvgIpc) is 2.83. The van der Waals surface area contributed by atoms with Crippen LogP contribution in [0.25, 0.3) is 0 Å². The molecule has 0 saturated heterocycles. The van der Waals surface area contributed by atoms with Gasteiger partial charge in [0.15, 0.2) is 0 Å². The van der Waals surface area contributed by atoms with E-state index < -0.39 is 66.0 Å². The normalized spacial score (nSPS) is 14.1. The fourth-order valence-corrected chi connectivity index (χ4v) is 3.74. The first-order chi connectivity index (χ1) is 18.8. The van der Waals surface area contributed by atoms with E-state index in [1.54, 1.807) is 0 Å². The Hall–Kier alpha value is -3.06. The molecule has 0 bridgehead atoms. The Labute approximate surface area is 227 Å². The summed E-state index contributed by atoms with van der Waals surface area (Å²) in [5.41, 5.74) is -0.249. The Kier molecular flexibility index (Phi) is 9.67. The first-order valence-corrected chi connectivity index (χ1v) is 11.5. The van der Waals surface area contributed by atoms with Crippen LogP contribution < -0.4 is 9.47 Å². The molecule has 3 nitrogen and oxygen atoms in total. The second-order valence-corrected chi connectivity index (χ2v) is 9.20. The van der Waals surface area contributed by atoms with E-state index in [4.69, 9.17) is 4.74 Å². The molecule has 0 amide bonds. The molecule has 0 aliphatic rings. The van der Waals surface area contributed by atoms with Crippen molar-refractivity contribution in [1.29, 1.82) is 0 Å². The first-order valence-electron chi connectivity index (χ1n) is 10.5. The lowest BCUT2D eigenvalue weighted by Crippen LogP contribution is -2.70. The summed E-state index contributed by atoms with van der Waals surface area (Å²) in [6, 6.07) is 7.38. The van der Waals surface area contributed by atoms with E-state index in [1.165, 1.54) is 0 Å². The van der Waals surface area contributed by atoms with Gasteiger partial charge in [-0.15, -0.1) is 24.9 Å². The van der Waals surface area contributed by atoms with Crippen LogP contribution in [0.1, 0.15) is 16.8 Å². The minimum Gasteiger partial charge on any atom is -0.423 e. The molecule has 0 saturated carbocycles. The van der Waals surface area contributed by atoms with E-state index in [9.17, 15) is 75.0 Å². The quantitative estimate of drug-likeness (QED) is 0.104. The van der Waals surface area contributed by atoms with Gasteiger partial charge >= 0.3 is 48.1 Å². The van der Waals surface area contributed by atoms with Gasteiger partial charge in [0.05, 0.1) is 5.56 Å². The number of carbonyl (C=O) groups is 1. The van der Waals surface area contributed by atoms with Crippen molar-refractivity contribution in [2.45, 2.75) is 53.5 Å². The summed E-state index contributed by atoms with van der Waals surface area (Å²) in [6.45, 7) is 0. The van der Waals surface area contributed by atoms with E-state index in [-0.39, 0.29) is 28.0 Å². The minimum atomic E-state index is -7.97. The molecule has 0 spiro atoms. The molecule has 42 heavy (non-hydrogen) atoms. The van der Waals surface area contributed by atoms with Gasteiger partial charge in [-0.05, 0) is 48.5 Å². The molecular weight excluding hydrogens is 648 g/mol. The van der Waals surface area contributed by atoms with E-state index >= 15 is 0 Å². The van der Waals surface area contributed by atoms with Crippen molar-refractivity contribution < 1.29 is 84.5 Å². The first kappa shape index (κ1) is 35.1. The van der Waals surface area contributed by atoms with Crippen molar-refractivity contribution in [2.24, 2.45) is 0 Å². The van der Waals surface area contributed by atoms with Crippen molar-refractivity contribution in [3.05, 3.63) is 54.1 Å². The van der Waals surface area contributed by atoms with Gasteiger partial charge in [0.2, 0.25) is 0 Å². The zero-order chi connectivity index (χ0) is 32.6. The Bertz CT molecular complexity index is 1220. The van der Waals surface area contributed by atoms with Gasteiger partial charge in [-0.1, -0.05) is 0 Å². The molecule has 0 aromatic heterocycles. The molecule has 0 fully saturated rings. The standard InChI is InChI=1S/C22H12F16O3S/c23-16(24,17(25,26)18(27,28)19(29,30)20(31,32)21(33,34)35)9-10-42-14-7-5-12(6-8-14)40-15(39)11-1-3-13(4-2-11)41-22(36,37)38/h1-8H,9-10H2. The third kappa shape index (κ3) is 7.11. The highest BCUT2D eigenvalue weighted by molar-refractivity contribution is 7.99. The molecule has 0 heterocycles. The molecule has 0 aliphatic heterocycles. The van der Waals surface area contributed by atoms with Crippen LogP contribution >= 0.6 is 11.8 Å². The third-order valence-electron chi connectivity index (χ3n) is 5.04. The molecule has 2 aromatic rings. The van der Waals surface area contributed by atoms with Crippen LogP contribution in [0.3, 0.4) is 0 Å². The lowest BCUT2D eigenvalue weighted by molar-refractivity contribution is -0.439. The molecule has 0 unspecified atom stereocenters. The van der Waals surface area contributed by atoms with Crippen LogP contribution in [0.15, 0.2) is 53.4 Å². The number of esters is 1. The van der Waals surface area contributed by atoms with Crippen molar-refractivity contribution in [2.75, 3.05) is 5.75 Å². The fraction of sp³-hybridized carbons (Fsp3) is 0.409. The van der Waals surface area contributed by atoms with E-state index in [0.717, 1.165) is 48.5 Å². The summed E-state index contributed by atoms with van der Waals surface area (Å²) in [5, 5.41) is 0. The smallest absolute Gasteiger partial charge is 0.423 e. The summed E-state index contributed by atoms with van der Waals surface area (Å²) < 4.78 is 216. The van der Waals surface area contributed by atoms with Crippen molar-refractivity contribution in [3.8, 4) is 11.5 Å². The molecular formula is C22H12F16O3S. The molecule has 0 radical (unpaired) electrons. The summed E-state index contributed by atoms with van der Waals surface area (Å²) in [7, 11) is 0. The maximum absolute atomic E-state index is 13.9. The number of rotatable bonds is 11. The number of thioether (sulfide) groups is 1. The Morgan fingerprint density at radius 2 is 1.05 bits per heavy atom. The Morgan fingerprint density at radius 1 is 0.595 bits per heavy atom. The fourth-order valence-electron chi connectivity index (χ4n) is 2.82. The number of halogens is 16. The van der Waals surface area contributed by atoms with Crippen molar-refractivity contribution in [1.82, 2.24) is 0 Å². The third-order valence-corrected chi connectivity index (χ3v) is 6.05. The van der Waals surface area contributed by atoms with E-state index in [2.05, 4.69) is 4.74 Å². The number of hydrogen-bond donors (Lipinski definition) is 0. The zero-order valence-electron chi connectivity index (χ0n) is 19.7. The molecule has 236 valence electrons. The molecule has 0 N–H and O–H groups in total. The monoisotopic (exact) mass is 660 g/mol. The lowest BCUT2D eigenvalue weighted by Gasteiger charge is -2.39. The highest BCUT2D eigenvalue weighted by Crippen LogP contribution is 2.60. The topological polar surface area (TPSA) is 35.5 Å². The van der Waals surface area contributed by atoms with Gasteiger partial charge in [0.1, 0.15) is 11.5 Å². The number of benzene rings is 2. The van der Waals surface area contributed by atoms with Gasteiger partial charge in [-0.25, -0.2) is 4.79 Å². The lowest BCUT2D eigenvalue weighted by atomic mass is 9.93. The van der Waals surface area contributed by atoms with Gasteiger partial charge in [0.25, 0.3) is 0 Å². The molecule has 2 rings (SSSR count). The maximum atomic E-state index is 13.9. The molecule has 0 atom stereocenters. The Balaban J connectivity index is 2.04. The minimum absolute atomic E-state index is 0.108. The number of ether oxygens (including phenoxy) is 2. The maximum Gasteiger partial charge on any atom is 0.573 e. The zero-order valence-corrected chi connectivity index (χ0v) is 20.5. The number of carbonyl (C=O) groups excluding carboxylic acids is 1. The van der Waals surface area contributed by atoms with E-state index in [0.29, 0.717) is 0 Å². The predicted molar refractivity (Wildman–Crippen MR) is 111 cm³/mol. The second kappa shape index (κ2) is 11.6. The summed E-state index contributed by atoms with van der Waals surface area (Å²) in [6.07, 6.45) is -14.9. The van der Waals surface area contributed by atoms with Crippen molar-refractivity contribution in [3.63, 3.8) is 0 Å². The highest BCUT2D eigenvalue weighted by atomic mass is 32.2. The van der Waals surface area contributed by atoms with Crippen molar-refractivity contribution >= 4 is 17.7 Å². The van der Waals surface area contributed by atoms with Crippen LogP contribution in [0.4, 0.5) is 70.2 Å². The van der Waals surface area contributed by atoms with E-state index in [1.807, 2.05) is 0 Å². The van der Waals surface area contributed by atoms with Crippen LogP contribution in [0.5, 0.6) is 11.5 Å². The van der Waals surface area contributed by atoms with Crippen LogP contribution in [0.2, 0.25) is 0 Å². The van der Waals surface area contributed by atoms with Gasteiger partial charge in [0, 0.05) is 17.1 Å². The van der Waals surface area contributed by atoms with Gasteiger partial charge in [-0.3, -0.25) is 0 Å². The average molecular weight is 660 g/mol. The van der Waals surface area contributed by atoms with Crippen LogP contribution in [0, 0.1) is 0 Å². The van der Waals surface area contributed by atoms with Gasteiger partial charge in [-0.2, -0.15) is 57.1 Å². The summed E-state index contributed by atoms with van der Waals surface area (Å²) >= 11 is 0.201. The molecule has 20 heteroatoms.